The molecule has 0 unspecified atom stereocenters. The summed E-state index contributed by atoms with van der Waals surface area (Å²) in [6, 6.07) is 13.7. The number of carbonyl (C=O) groups is 4. The smallest absolute Gasteiger partial charge is 0.335 e. The fraction of sp³-hybridized carbons (Fsp3) is 0.111. The number of hydrogen-bond donors (Lipinski definition) is 2. The molecular formula is C27H21ClFN3O5. The van der Waals surface area contributed by atoms with Crippen LogP contribution in [-0.4, -0.2) is 30.4 Å². The van der Waals surface area contributed by atoms with Crippen molar-refractivity contribution in [3.8, 4) is 5.75 Å². The van der Waals surface area contributed by atoms with Crippen molar-refractivity contribution in [3.05, 3.63) is 93.8 Å². The van der Waals surface area contributed by atoms with Crippen LogP contribution in [-0.2, 0) is 14.4 Å². The second kappa shape index (κ2) is 10.6. The van der Waals surface area contributed by atoms with Crippen LogP contribution in [0.2, 0.25) is 5.02 Å². The summed E-state index contributed by atoms with van der Waals surface area (Å²) in [5, 5.41) is 5.12. The monoisotopic (exact) mass is 521 g/mol. The number of hydrogen-bond acceptors (Lipinski definition) is 5. The van der Waals surface area contributed by atoms with Gasteiger partial charge in [-0.15, -0.1) is 0 Å². The summed E-state index contributed by atoms with van der Waals surface area (Å²) in [6.07, 6.45) is 1.21. The maximum atomic E-state index is 13.3. The molecule has 3 aromatic rings. The van der Waals surface area contributed by atoms with Crippen molar-refractivity contribution in [1.29, 1.82) is 0 Å². The van der Waals surface area contributed by atoms with Crippen molar-refractivity contribution < 1.29 is 28.3 Å². The number of barbiturate groups is 1. The van der Waals surface area contributed by atoms with Gasteiger partial charge >= 0.3 is 6.03 Å². The van der Waals surface area contributed by atoms with Crippen molar-refractivity contribution in [3.63, 3.8) is 0 Å². The van der Waals surface area contributed by atoms with E-state index in [1.807, 2.05) is 26.0 Å². The highest BCUT2D eigenvalue weighted by Gasteiger charge is 2.37. The molecule has 0 atom stereocenters. The van der Waals surface area contributed by atoms with Gasteiger partial charge in [0.05, 0.1) is 5.69 Å². The lowest BCUT2D eigenvalue weighted by molar-refractivity contribution is -0.122. The summed E-state index contributed by atoms with van der Waals surface area (Å²) in [6.45, 7) is 3.54. The van der Waals surface area contributed by atoms with Gasteiger partial charge in [-0.05, 0) is 85.6 Å². The van der Waals surface area contributed by atoms with Crippen LogP contribution >= 0.6 is 11.6 Å². The number of nitrogens with zero attached hydrogens (tertiary/aromatic N) is 1. The minimum atomic E-state index is -0.968. The van der Waals surface area contributed by atoms with Crippen molar-refractivity contribution in [1.82, 2.24) is 5.32 Å². The fourth-order valence-corrected chi connectivity index (χ4v) is 3.74. The van der Waals surface area contributed by atoms with Crippen LogP contribution in [0.15, 0.2) is 66.2 Å². The summed E-state index contributed by atoms with van der Waals surface area (Å²) in [7, 11) is 0. The van der Waals surface area contributed by atoms with Gasteiger partial charge in [-0.2, -0.15) is 0 Å². The first-order valence-electron chi connectivity index (χ1n) is 11.1. The quantitative estimate of drug-likeness (QED) is 0.359. The van der Waals surface area contributed by atoms with E-state index in [2.05, 4.69) is 10.6 Å². The number of ether oxygens (including phenoxy) is 1. The lowest BCUT2D eigenvalue weighted by Gasteiger charge is -2.26. The summed E-state index contributed by atoms with van der Waals surface area (Å²) in [5.74, 6) is -2.64. The van der Waals surface area contributed by atoms with E-state index in [9.17, 15) is 23.6 Å². The topological polar surface area (TPSA) is 105 Å². The zero-order valence-electron chi connectivity index (χ0n) is 19.8. The molecule has 37 heavy (non-hydrogen) atoms. The first kappa shape index (κ1) is 25.6. The molecule has 1 fully saturated rings. The number of rotatable bonds is 6. The Labute approximate surface area is 216 Å². The SMILES string of the molecule is Cc1ccc(NC(=O)COc2ccc(Cl)cc2/C=C2\C(=O)NC(=O)N(c3ccc(F)cc3)C2=O)cc1C. The minimum absolute atomic E-state index is 0.0767. The zero-order chi connectivity index (χ0) is 26.7. The number of benzene rings is 3. The van der Waals surface area contributed by atoms with Gasteiger partial charge in [0.2, 0.25) is 0 Å². The highest BCUT2D eigenvalue weighted by Crippen LogP contribution is 2.28. The lowest BCUT2D eigenvalue weighted by atomic mass is 10.1. The molecule has 0 aliphatic carbocycles. The summed E-state index contributed by atoms with van der Waals surface area (Å²) in [4.78, 5) is 51.1. The molecule has 2 N–H and O–H groups in total. The Morgan fingerprint density at radius 2 is 1.76 bits per heavy atom. The number of anilines is 2. The molecule has 0 saturated carbocycles. The third-order valence-electron chi connectivity index (χ3n) is 5.61. The fourth-order valence-electron chi connectivity index (χ4n) is 3.56. The Morgan fingerprint density at radius 3 is 2.46 bits per heavy atom. The molecule has 0 radical (unpaired) electrons. The lowest BCUT2D eigenvalue weighted by Crippen LogP contribution is -2.54. The molecule has 5 amide bonds. The van der Waals surface area contributed by atoms with E-state index in [1.165, 1.54) is 36.4 Å². The van der Waals surface area contributed by atoms with Gasteiger partial charge in [-0.25, -0.2) is 14.1 Å². The van der Waals surface area contributed by atoms with Crippen LogP contribution in [0.25, 0.3) is 6.08 Å². The van der Waals surface area contributed by atoms with Crippen molar-refractivity contribution >= 4 is 52.8 Å². The van der Waals surface area contributed by atoms with Gasteiger partial charge in [-0.1, -0.05) is 17.7 Å². The maximum Gasteiger partial charge on any atom is 0.335 e. The second-order valence-electron chi connectivity index (χ2n) is 8.25. The van der Waals surface area contributed by atoms with E-state index in [1.54, 1.807) is 6.07 Å². The molecule has 1 aliphatic rings. The Bertz CT molecular complexity index is 1450. The van der Waals surface area contributed by atoms with Crippen molar-refractivity contribution in [2.75, 3.05) is 16.8 Å². The third-order valence-corrected chi connectivity index (χ3v) is 5.84. The number of amides is 5. The van der Waals surface area contributed by atoms with E-state index in [0.29, 0.717) is 5.69 Å². The van der Waals surface area contributed by atoms with Gasteiger partial charge in [0, 0.05) is 16.3 Å². The molecule has 10 heteroatoms. The van der Waals surface area contributed by atoms with E-state index in [4.69, 9.17) is 16.3 Å². The van der Waals surface area contributed by atoms with E-state index in [0.717, 1.165) is 28.2 Å². The van der Waals surface area contributed by atoms with Crippen LogP contribution in [0.3, 0.4) is 0 Å². The van der Waals surface area contributed by atoms with E-state index in [-0.39, 0.29) is 34.2 Å². The maximum absolute atomic E-state index is 13.3. The minimum Gasteiger partial charge on any atom is -0.483 e. The Morgan fingerprint density at radius 1 is 1.03 bits per heavy atom. The Hall–Kier alpha value is -4.50. The summed E-state index contributed by atoms with van der Waals surface area (Å²) >= 11 is 6.12. The average Bonchev–Trinajstić information content (AvgIpc) is 2.84. The number of nitrogens with one attached hydrogen (secondary N) is 2. The molecule has 0 aromatic heterocycles. The molecule has 1 saturated heterocycles. The third kappa shape index (κ3) is 5.84. The zero-order valence-corrected chi connectivity index (χ0v) is 20.6. The molecule has 0 spiro atoms. The van der Waals surface area contributed by atoms with Crippen LogP contribution in [0.1, 0.15) is 16.7 Å². The first-order valence-corrected chi connectivity index (χ1v) is 11.5. The van der Waals surface area contributed by atoms with Gasteiger partial charge in [-0.3, -0.25) is 19.7 Å². The predicted molar refractivity (Wildman–Crippen MR) is 137 cm³/mol. The van der Waals surface area contributed by atoms with Crippen molar-refractivity contribution in [2.45, 2.75) is 13.8 Å². The van der Waals surface area contributed by atoms with Gasteiger partial charge in [0.25, 0.3) is 17.7 Å². The normalized spacial score (nSPS) is 14.5. The standard InChI is InChI=1S/C27H21ClFN3O5/c1-15-3-7-20(11-16(15)2)30-24(33)14-37-23-10-4-18(28)12-17(23)13-22-25(34)31-27(36)32(26(22)35)21-8-5-19(29)6-9-21/h3-13H,14H2,1-2H3,(H,30,33)(H,31,34,36)/b22-13+. The molecule has 1 aliphatic heterocycles. The van der Waals surface area contributed by atoms with Crippen molar-refractivity contribution in [2.24, 2.45) is 0 Å². The average molecular weight is 522 g/mol. The number of aryl methyl sites for hydroxylation is 2. The van der Waals surface area contributed by atoms with Gasteiger partial charge in [0.1, 0.15) is 17.1 Å². The summed E-state index contributed by atoms with van der Waals surface area (Å²) in [5.41, 5.74) is 2.66. The molecule has 8 nitrogen and oxygen atoms in total. The molecule has 4 rings (SSSR count). The molecular weight excluding hydrogens is 501 g/mol. The molecule has 188 valence electrons. The molecule has 3 aromatic carbocycles. The van der Waals surface area contributed by atoms with Crippen LogP contribution in [0.4, 0.5) is 20.6 Å². The Balaban J connectivity index is 1.57. The number of imide groups is 2. The Kier molecular flexibility index (Phi) is 7.35. The largest absolute Gasteiger partial charge is 0.483 e. The predicted octanol–water partition coefficient (Wildman–Crippen LogP) is 4.78. The number of halogens is 2. The van der Waals surface area contributed by atoms with Crippen LogP contribution in [0.5, 0.6) is 5.75 Å². The summed E-state index contributed by atoms with van der Waals surface area (Å²) < 4.78 is 19.0. The molecule has 1 heterocycles. The highest BCUT2D eigenvalue weighted by atomic mass is 35.5. The number of carbonyl (C=O) groups excluding carboxylic acids is 4. The van der Waals surface area contributed by atoms with E-state index < -0.39 is 29.6 Å². The van der Waals surface area contributed by atoms with Gasteiger partial charge in [0.15, 0.2) is 6.61 Å². The van der Waals surface area contributed by atoms with Gasteiger partial charge < -0.3 is 10.1 Å². The molecule has 0 bridgehead atoms. The van der Waals surface area contributed by atoms with Crippen LogP contribution < -0.4 is 20.3 Å². The highest BCUT2D eigenvalue weighted by molar-refractivity contribution is 6.39. The second-order valence-corrected chi connectivity index (χ2v) is 8.69. The van der Waals surface area contributed by atoms with E-state index >= 15 is 0 Å². The van der Waals surface area contributed by atoms with Crippen LogP contribution in [0, 0.1) is 19.7 Å². The number of urea groups is 1. The first-order chi connectivity index (χ1) is 17.6.